The van der Waals surface area contributed by atoms with Gasteiger partial charge in [-0.15, -0.1) is 0 Å². The van der Waals surface area contributed by atoms with Gasteiger partial charge < -0.3 is 19.4 Å². The lowest BCUT2D eigenvalue weighted by Crippen LogP contribution is -2.37. The van der Waals surface area contributed by atoms with Crippen molar-refractivity contribution < 1.29 is 13.9 Å². The molecule has 0 atom stereocenters. The van der Waals surface area contributed by atoms with Crippen LogP contribution in [-0.4, -0.2) is 32.2 Å². The molecule has 0 spiro atoms. The van der Waals surface area contributed by atoms with Crippen molar-refractivity contribution in [2.75, 3.05) is 31.2 Å². The molecule has 110 valence electrons. The molecule has 1 aliphatic rings. The van der Waals surface area contributed by atoms with Gasteiger partial charge in [0.2, 0.25) is 0 Å². The maximum Gasteiger partial charge on any atom is 0.253 e. The highest BCUT2D eigenvalue weighted by molar-refractivity contribution is 5.99. The van der Waals surface area contributed by atoms with Gasteiger partial charge in [-0.3, -0.25) is 4.79 Å². The van der Waals surface area contributed by atoms with Crippen LogP contribution in [0.5, 0.6) is 0 Å². The molecule has 1 amide bonds. The smallest absolute Gasteiger partial charge is 0.253 e. The Balaban J connectivity index is 1.73. The van der Waals surface area contributed by atoms with Crippen LogP contribution in [0.2, 0.25) is 0 Å². The Hall–Kier alpha value is -2.27. The van der Waals surface area contributed by atoms with E-state index in [4.69, 9.17) is 9.15 Å². The van der Waals surface area contributed by atoms with Crippen LogP contribution >= 0.6 is 0 Å². The number of hydrogen-bond donors (Lipinski definition) is 1. The minimum Gasteiger partial charge on any atom is -0.467 e. The number of morpholine rings is 1. The number of anilines is 1. The average Bonchev–Trinajstić information content (AvgIpc) is 3.07. The van der Waals surface area contributed by atoms with Gasteiger partial charge in [-0.05, 0) is 24.3 Å². The number of nitrogens with one attached hydrogen (secondary N) is 1. The number of para-hydroxylation sites is 1. The molecule has 1 saturated heterocycles. The van der Waals surface area contributed by atoms with Gasteiger partial charge in [0.1, 0.15) is 5.76 Å². The molecule has 1 aromatic carbocycles. The van der Waals surface area contributed by atoms with Crippen LogP contribution in [0.3, 0.4) is 0 Å². The van der Waals surface area contributed by atoms with Crippen LogP contribution < -0.4 is 10.2 Å². The van der Waals surface area contributed by atoms with Gasteiger partial charge >= 0.3 is 0 Å². The lowest BCUT2D eigenvalue weighted by atomic mass is 10.1. The highest BCUT2D eigenvalue weighted by Gasteiger charge is 2.18. The van der Waals surface area contributed by atoms with E-state index in [0.717, 1.165) is 24.5 Å². The minimum atomic E-state index is -0.0894. The molecular formula is C16H18N2O3. The van der Waals surface area contributed by atoms with Crippen molar-refractivity contribution in [1.29, 1.82) is 0 Å². The number of amides is 1. The van der Waals surface area contributed by atoms with Crippen molar-refractivity contribution in [2.45, 2.75) is 6.54 Å². The van der Waals surface area contributed by atoms with Crippen LogP contribution in [0.25, 0.3) is 0 Å². The monoisotopic (exact) mass is 286 g/mol. The van der Waals surface area contributed by atoms with Crippen LogP contribution in [0.4, 0.5) is 5.69 Å². The molecular weight excluding hydrogens is 268 g/mol. The Morgan fingerprint density at radius 3 is 2.71 bits per heavy atom. The molecule has 0 bridgehead atoms. The van der Waals surface area contributed by atoms with E-state index in [9.17, 15) is 4.79 Å². The third-order valence-electron chi connectivity index (χ3n) is 3.50. The number of hydrogen-bond acceptors (Lipinski definition) is 4. The van der Waals surface area contributed by atoms with Crippen molar-refractivity contribution >= 4 is 11.6 Å². The Morgan fingerprint density at radius 2 is 1.95 bits per heavy atom. The van der Waals surface area contributed by atoms with Gasteiger partial charge in [0.05, 0.1) is 31.6 Å². The summed E-state index contributed by atoms with van der Waals surface area (Å²) in [5.74, 6) is 0.653. The second kappa shape index (κ2) is 6.45. The molecule has 1 N–H and O–H groups in total. The van der Waals surface area contributed by atoms with E-state index in [0.29, 0.717) is 25.3 Å². The summed E-state index contributed by atoms with van der Waals surface area (Å²) in [5, 5.41) is 2.89. The van der Waals surface area contributed by atoms with Crippen LogP contribution in [0.1, 0.15) is 16.1 Å². The summed E-state index contributed by atoms with van der Waals surface area (Å²) >= 11 is 0. The van der Waals surface area contributed by atoms with E-state index in [1.54, 1.807) is 6.26 Å². The number of carbonyl (C=O) groups is 1. The molecule has 0 unspecified atom stereocenters. The van der Waals surface area contributed by atoms with Gasteiger partial charge in [-0.25, -0.2) is 0 Å². The Kier molecular flexibility index (Phi) is 4.21. The molecule has 21 heavy (non-hydrogen) atoms. The molecule has 0 aliphatic carbocycles. The first-order valence-electron chi connectivity index (χ1n) is 7.07. The molecule has 2 aromatic rings. The summed E-state index contributed by atoms with van der Waals surface area (Å²) in [7, 11) is 0. The zero-order chi connectivity index (χ0) is 14.5. The van der Waals surface area contributed by atoms with Crippen LogP contribution in [-0.2, 0) is 11.3 Å². The normalized spacial score (nSPS) is 15.0. The highest BCUT2D eigenvalue weighted by atomic mass is 16.5. The fourth-order valence-corrected chi connectivity index (χ4v) is 2.42. The Morgan fingerprint density at radius 1 is 1.14 bits per heavy atom. The summed E-state index contributed by atoms with van der Waals surface area (Å²) in [4.78, 5) is 14.6. The fraction of sp³-hybridized carbons (Fsp3) is 0.312. The van der Waals surface area contributed by atoms with Gasteiger partial charge in [-0.1, -0.05) is 12.1 Å². The number of benzene rings is 1. The largest absolute Gasteiger partial charge is 0.467 e. The number of rotatable bonds is 4. The zero-order valence-electron chi connectivity index (χ0n) is 11.7. The van der Waals surface area contributed by atoms with Gasteiger partial charge in [0.15, 0.2) is 0 Å². The summed E-state index contributed by atoms with van der Waals surface area (Å²) < 4.78 is 10.6. The van der Waals surface area contributed by atoms with E-state index in [-0.39, 0.29) is 5.91 Å². The van der Waals surface area contributed by atoms with E-state index in [1.807, 2.05) is 36.4 Å². The molecule has 5 nitrogen and oxygen atoms in total. The summed E-state index contributed by atoms with van der Waals surface area (Å²) in [5.41, 5.74) is 1.64. The maximum atomic E-state index is 12.4. The molecule has 1 aromatic heterocycles. The predicted molar refractivity (Wildman–Crippen MR) is 79.4 cm³/mol. The first-order valence-corrected chi connectivity index (χ1v) is 7.07. The number of carbonyl (C=O) groups excluding carboxylic acids is 1. The van der Waals surface area contributed by atoms with E-state index < -0.39 is 0 Å². The molecule has 1 fully saturated rings. The second-order valence-electron chi connectivity index (χ2n) is 4.88. The van der Waals surface area contributed by atoms with Crippen molar-refractivity contribution in [3.05, 3.63) is 54.0 Å². The lowest BCUT2D eigenvalue weighted by Gasteiger charge is -2.30. The lowest BCUT2D eigenvalue weighted by molar-refractivity contribution is 0.0946. The maximum absolute atomic E-state index is 12.4. The van der Waals surface area contributed by atoms with Gasteiger partial charge in [0, 0.05) is 18.8 Å². The number of ether oxygens (including phenoxy) is 1. The Bertz CT molecular complexity index is 589. The van der Waals surface area contributed by atoms with Crippen LogP contribution in [0.15, 0.2) is 47.1 Å². The molecule has 0 saturated carbocycles. The third-order valence-corrected chi connectivity index (χ3v) is 3.50. The minimum absolute atomic E-state index is 0.0894. The van der Waals surface area contributed by atoms with Crippen molar-refractivity contribution in [3.8, 4) is 0 Å². The quantitative estimate of drug-likeness (QED) is 0.934. The second-order valence-corrected chi connectivity index (χ2v) is 4.88. The number of furan rings is 1. The first-order chi connectivity index (χ1) is 10.3. The zero-order valence-corrected chi connectivity index (χ0v) is 11.7. The molecule has 1 aliphatic heterocycles. The third kappa shape index (κ3) is 3.25. The average molecular weight is 286 g/mol. The topological polar surface area (TPSA) is 54.7 Å². The predicted octanol–water partition coefficient (Wildman–Crippen LogP) is 2.05. The van der Waals surface area contributed by atoms with Crippen molar-refractivity contribution in [3.63, 3.8) is 0 Å². The van der Waals surface area contributed by atoms with E-state index in [1.165, 1.54) is 0 Å². The van der Waals surface area contributed by atoms with Crippen LogP contribution in [0, 0.1) is 0 Å². The van der Waals surface area contributed by atoms with Crippen molar-refractivity contribution in [1.82, 2.24) is 5.32 Å². The summed E-state index contributed by atoms with van der Waals surface area (Å²) in [6.45, 7) is 3.40. The molecule has 3 rings (SSSR count). The summed E-state index contributed by atoms with van der Waals surface area (Å²) in [6, 6.07) is 11.3. The molecule has 2 heterocycles. The number of nitrogens with zero attached hydrogens (tertiary/aromatic N) is 1. The molecule has 5 heteroatoms. The van der Waals surface area contributed by atoms with Gasteiger partial charge in [-0.2, -0.15) is 0 Å². The standard InChI is InChI=1S/C16H18N2O3/c19-16(17-12-13-4-3-9-21-13)14-5-1-2-6-15(14)18-7-10-20-11-8-18/h1-6,9H,7-8,10-12H2,(H,17,19). The van der Waals surface area contributed by atoms with Gasteiger partial charge in [0.25, 0.3) is 5.91 Å². The highest BCUT2D eigenvalue weighted by Crippen LogP contribution is 2.21. The van der Waals surface area contributed by atoms with E-state index in [2.05, 4.69) is 10.2 Å². The summed E-state index contributed by atoms with van der Waals surface area (Å²) in [6.07, 6.45) is 1.60. The first kappa shape index (κ1) is 13.7. The fourth-order valence-electron chi connectivity index (χ4n) is 2.42. The Labute approximate surface area is 123 Å². The molecule has 0 radical (unpaired) electrons. The van der Waals surface area contributed by atoms with E-state index >= 15 is 0 Å². The SMILES string of the molecule is O=C(NCc1ccco1)c1ccccc1N1CCOCC1. The van der Waals surface area contributed by atoms with Crippen molar-refractivity contribution in [2.24, 2.45) is 0 Å².